The first-order valence-corrected chi connectivity index (χ1v) is 21.3. The van der Waals surface area contributed by atoms with Gasteiger partial charge in [0.1, 0.15) is 0 Å². The molecular formula is C56H44N6. The van der Waals surface area contributed by atoms with Gasteiger partial charge in [-0.05, 0) is 134 Å². The largest absolute Gasteiger partial charge is 0.314 e. The van der Waals surface area contributed by atoms with Gasteiger partial charge in [-0.25, -0.2) is 4.98 Å². The fourth-order valence-corrected chi connectivity index (χ4v) is 9.05. The number of aromatic nitrogens is 2. The molecule has 6 heteroatoms. The van der Waals surface area contributed by atoms with E-state index in [9.17, 15) is 0 Å². The molecule has 62 heavy (non-hydrogen) atoms. The lowest BCUT2D eigenvalue weighted by Gasteiger charge is -2.36. The third-order valence-corrected chi connectivity index (χ3v) is 11.7. The minimum absolute atomic E-state index is 0.208. The van der Waals surface area contributed by atoms with Gasteiger partial charge in [-0.3, -0.25) is 9.47 Å². The molecule has 2 heterocycles. The van der Waals surface area contributed by atoms with Crippen molar-refractivity contribution in [3.8, 4) is 5.69 Å². The zero-order valence-corrected chi connectivity index (χ0v) is 34.4. The standard InChI is InChI=1S/C56H44N6/c1-41-35-52-40-53(36-41)61(56-57-54-33-14-15-34-55(54)62(56)45-25-12-5-13-26-45)51-32-18-30-49(39-51)59(43-21-8-3-9-22-43)47-28-16-27-46(37-47)58(42-19-6-2-7-20-42)48-29-17-31-50(38-48)60(52)44-23-10-4-11-24-44/h2-34,36-41H,35H2,1H3. The van der Waals surface area contributed by atoms with Crippen LogP contribution in [0.5, 0.6) is 0 Å². The summed E-state index contributed by atoms with van der Waals surface area (Å²) < 4.78 is 2.29. The molecule has 8 aromatic carbocycles. The minimum atomic E-state index is 0.208. The Balaban J connectivity index is 1.23. The van der Waals surface area contributed by atoms with Crippen molar-refractivity contribution >= 4 is 68.2 Å². The van der Waals surface area contributed by atoms with Crippen molar-refractivity contribution in [2.75, 3.05) is 19.6 Å². The highest BCUT2D eigenvalue weighted by Crippen LogP contribution is 2.46. The molecule has 298 valence electrons. The quantitative estimate of drug-likeness (QED) is 0.173. The number of nitrogens with zero attached hydrogens (tertiary/aromatic N) is 6. The van der Waals surface area contributed by atoms with Gasteiger partial charge in [0, 0.05) is 62.6 Å². The first kappa shape index (κ1) is 36.9. The Hall–Kier alpha value is -8.09. The number of allylic oxidation sites excluding steroid dienone is 3. The number of rotatable bonds is 5. The van der Waals surface area contributed by atoms with Crippen LogP contribution in [0.4, 0.5) is 57.1 Å². The SMILES string of the molecule is CC1C=C2C=C(C1)N(c1ccccc1)c1cccc(c1)N(c1ccccc1)c1cccc(c1)N(c1ccccc1)c1cccc(c1)N2c1nc2ccccc2n1-c1ccccc1. The van der Waals surface area contributed by atoms with Crippen LogP contribution in [0.15, 0.2) is 242 Å². The van der Waals surface area contributed by atoms with Crippen LogP contribution in [0.3, 0.4) is 0 Å². The molecule has 8 bridgehead atoms. The molecule has 2 aliphatic rings. The lowest BCUT2D eigenvalue weighted by molar-refractivity contribution is 0.685. The van der Waals surface area contributed by atoms with Crippen molar-refractivity contribution in [3.05, 3.63) is 242 Å². The van der Waals surface area contributed by atoms with Crippen LogP contribution in [0.1, 0.15) is 13.3 Å². The summed E-state index contributed by atoms with van der Waals surface area (Å²) in [6, 6.07) is 77.8. The predicted octanol–water partition coefficient (Wildman–Crippen LogP) is 15.1. The van der Waals surface area contributed by atoms with Gasteiger partial charge in [0.2, 0.25) is 5.95 Å². The second-order valence-electron chi connectivity index (χ2n) is 15.9. The second kappa shape index (κ2) is 15.8. The first-order chi connectivity index (χ1) is 30.7. The molecule has 0 spiro atoms. The molecule has 1 unspecified atom stereocenters. The van der Waals surface area contributed by atoms with E-state index in [4.69, 9.17) is 4.98 Å². The third-order valence-electron chi connectivity index (χ3n) is 11.7. The smallest absolute Gasteiger partial charge is 0.220 e. The summed E-state index contributed by atoms with van der Waals surface area (Å²) in [5.41, 5.74) is 14.7. The van der Waals surface area contributed by atoms with Gasteiger partial charge in [0.05, 0.1) is 16.7 Å². The number of hydrogen-bond acceptors (Lipinski definition) is 5. The van der Waals surface area contributed by atoms with Gasteiger partial charge in [-0.1, -0.05) is 116 Å². The van der Waals surface area contributed by atoms with Crippen molar-refractivity contribution < 1.29 is 0 Å². The van der Waals surface area contributed by atoms with E-state index >= 15 is 0 Å². The molecule has 0 N–H and O–H groups in total. The molecule has 0 saturated heterocycles. The van der Waals surface area contributed by atoms with E-state index in [2.05, 4.69) is 262 Å². The molecule has 9 aromatic rings. The van der Waals surface area contributed by atoms with E-state index < -0.39 is 0 Å². The van der Waals surface area contributed by atoms with E-state index in [1.54, 1.807) is 0 Å². The molecule has 1 aromatic heterocycles. The lowest BCUT2D eigenvalue weighted by atomic mass is 9.95. The average Bonchev–Trinajstić information content (AvgIpc) is 3.70. The maximum absolute atomic E-state index is 5.49. The monoisotopic (exact) mass is 800 g/mol. The van der Waals surface area contributed by atoms with E-state index in [0.29, 0.717) is 0 Å². The molecule has 0 fully saturated rings. The Morgan fingerprint density at radius 1 is 0.387 bits per heavy atom. The van der Waals surface area contributed by atoms with E-state index in [1.165, 1.54) is 5.70 Å². The number of hydrogen-bond donors (Lipinski definition) is 0. The van der Waals surface area contributed by atoms with Gasteiger partial charge in [0.15, 0.2) is 0 Å². The van der Waals surface area contributed by atoms with E-state index in [0.717, 1.165) is 86.0 Å². The molecule has 11 rings (SSSR count). The molecule has 0 radical (unpaired) electrons. The van der Waals surface area contributed by atoms with Crippen LogP contribution in [-0.2, 0) is 0 Å². The lowest BCUT2D eigenvalue weighted by Crippen LogP contribution is -2.26. The zero-order valence-electron chi connectivity index (χ0n) is 34.4. The number of benzene rings is 8. The molecule has 1 aliphatic carbocycles. The molecule has 0 amide bonds. The van der Waals surface area contributed by atoms with Crippen molar-refractivity contribution in [3.63, 3.8) is 0 Å². The predicted molar refractivity (Wildman–Crippen MR) is 258 cm³/mol. The minimum Gasteiger partial charge on any atom is -0.314 e. The summed E-state index contributed by atoms with van der Waals surface area (Å²) in [4.78, 5) is 15.0. The van der Waals surface area contributed by atoms with Crippen LogP contribution in [0.2, 0.25) is 0 Å². The molecule has 1 atom stereocenters. The normalized spacial score (nSPS) is 15.0. The van der Waals surface area contributed by atoms with Crippen LogP contribution < -0.4 is 19.6 Å². The molecule has 6 nitrogen and oxygen atoms in total. The summed E-state index contributed by atoms with van der Waals surface area (Å²) in [7, 11) is 0. The Morgan fingerprint density at radius 2 is 0.774 bits per heavy atom. The first-order valence-electron chi connectivity index (χ1n) is 21.3. The van der Waals surface area contributed by atoms with E-state index in [-0.39, 0.29) is 5.92 Å². The molecular weight excluding hydrogens is 757 g/mol. The highest BCUT2D eigenvalue weighted by Gasteiger charge is 2.29. The van der Waals surface area contributed by atoms with Crippen molar-refractivity contribution in [1.29, 1.82) is 0 Å². The zero-order chi connectivity index (χ0) is 41.4. The molecule has 0 saturated carbocycles. The Morgan fingerprint density at radius 3 is 1.27 bits per heavy atom. The maximum Gasteiger partial charge on any atom is 0.220 e. The van der Waals surface area contributed by atoms with Gasteiger partial charge < -0.3 is 14.7 Å². The number of para-hydroxylation sites is 6. The van der Waals surface area contributed by atoms with Crippen molar-refractivity contribution in [2.45, 2.75) is 13.3 Å². The van der Waals surface area contributed by atoms with Crippen LogP contribution in [-0.4, -0.2) is 9.55 Å². The summed E-state index contributed by atoms with van der Waals surface area (Å²) >= 11 is 0. The van der Waals surface area contributed by atoms with Crippen molar-refractivity contribution in [1.82, 2.24) is 9.55 Å². The van der Waals surface area contributed by atoms with Crippen LogP contribution in [0, 0.1) is 5.92 Å². The fourth-order valence-electron chi connectivity index (χ4n) is 9.05. The highest BCUT2D eigenvalue weighted by atomic mass is 15.3. The third kappa shape index (κ3) is 6.78. The summed E-state index contributed by atoms with van der Waals surface area (Å²) in [5.74, 6) is 1.02. The van der Waals surface area contributed by atoms with Crippen LogP contribution >= 0.6 is 0 Å². The number of anilines is 10. The van der Waals surface area contributed by atoms with Gasteiger partial charge in [0.25, 0.3) is 0 Å². The summed E-state index contributed by atoms with van der Waals surface area (Å²) in [6.45, 7) is 2.32. The van der Waals surface area contributed by atoms with Crippen molar-refractivity contribution in [2.24, 2.45) is 5.92 Å². The fraction of sp³-hybridized carbons (Fsp3) is 0.0536. The highest BCUT2D eigenvalue weighted by molar-refractivity contribution is 5.88. The molecule has 1 aliphatic heterocycles. The van der Waals surface area contributed by atoms with Crippen LogP contribution in [0.25, 0.3) is 16.7 Å². The Kier molecular flexibility index (Phi) is 9.43. The Bertz CT molecular complexity index is 3080. The summed E-state index contributed by atoms with van der Waals surface area (Å²) in [5, 5.41) is 0. The average molecular weight is 801 g/mol. The number of fused-ring (bicyclic) bond motifs is 8. The number of imidazole rings is 1. The van der Waals surface area contributed by atoms with E-state index in [1.807, 2.05) is 0 Å². The maximum atomic E-state index is 5.49. The second-order valence-corrected chi connectivity index (χ2v) is 15.9. The van der Waals surface area contributed by atoms with Gasteiger partial charge in [-0.2, -0.15) is 0 Å². The summed E-state index contributed by atoms with van der Waals surface area (Å²) in [6.07, 6.45) is 5.63. The van der Waals surface area contributed by atoms with Gasteiger partial charge >= 0.3 is 0 Å². The topological polar surface area (TPSA) is 30.8 Å². The Labute approximate surface area is 362 Å². The van der Waals surface area contributed by atoms with Gasteiger partial charge in [-0.15, -0.1) is 0 Å².